The molecule has 3 aliphatic carbocycles. The maximum Gasteiger partial charge on any atom is 0.326 e. The highest BCUT2D eigenvalue weighted by molar-refractivity contribution is 6.36. The Balaban J connectivity index is 1.28. The summed E-state index contributed by atoms with van der Waals surface area (Å²) in [7, 11) is 1.48. The summed E-state index contributed by atoms with van der Waals surface area (Å²) in [5.74, 6) is -4.07. The molecule has 7 nitrogen and oxygen atoms in total. The van der Waals surface area contributed by atoms with Crippen LogP contribution in [0.4, 0.5) is 0 Å². The third-order valence-electron chi connectivity index (χ3n) is 7.72. The molecule has 1 aliphatic heterocycles. The molecule has 2 amide bonds. The molecule has 0 radical (unpaired) electrons. The van der Waals surface area contributed by atoms with Crippen LogP contribution in [0.2, 0.25) is 0 Å². The van der Waals surface area contributed by atoms with Crippen molar-refractivity contribution >= 4 is 46.8 Å². The molecular weight excluding hydrogens is 529 g/mol. The second-order valence-electron chi connectivity index (χ2n) is 9.55. The predicted octanol–water partition coefficient (Wildman–Crippen LogP) is 4.01. The van der Waals surface area contributed by atoms with E-state index in [2.05, 4.69) is 0 Å². The van der Waals surface area contributed by atoms with Crippen LogP contribution in [0.15, 0.2) is 72.8 Å². The van der Waals surface area contributed by atoms with Crippen molar-refractivity contribution in [3.63, 3.8) is 0 Å². The molecule has 0 saturated carbocycles. The van der Waals surface area contributed by atoms with Gasteiger partial charge in [0.25, 0.3) is 0 Å². The average molecular weight is 550 g/mol. The lowest BCUT2D eigenvalue weighted by Gasteiger charge is -2.54. The Bertz CT molecular complexity index is 1410. The van der Waals surface area contributed by atoms with Crippen molar-refractivity contribution in [3.8, 4) is 5.75 Å². The maximum atomic E-state index is 13.7. The Morgan fingerprint density at radius 1 is 0.816 bits per heavy atom. The van der Waals surface area contributed by atoms with Gasteiger partial charge in [-0.15, -0.1) is 23.2 Å². The largest absolute Gasteiger partial charge is 0.497 e. The number of Topliss-reactive ketones (excluding diaryl/α,β-unsaturated/α-hetero) is 1. The first-order chi connectivity index (χ1) is 18.2. The average Bonchev–Trinajstić information content (AvgIpc) is 3.20. The highest BCUT2D eigenvalue weighted by Gasteiger charge is 2.73. The summed E-state index contributed by atoms with van der Waals surface area (Å²) in [5, 5.41) is 0. The van der Waals surface area contributed by atoms with Crippen LogP contribution >= 0.6 is 23.2 Å². The monoisotopic (exact) mass is 549 g/mol. The van der Waals surface area contributed by atoms with E-state index in [1.54, 1.807) is 18.2 Å². The number of carbonyl (C=O) groups excluding carboxylic acids is 4. The Morgan fingerprint density at radius 3 is 1.79 bits per heavy atom. The number of halogens is 2. The van der Waals surface area contributed by atoms with E-state index >= 15 is 0 Å². The van der Waals surface area contributed by atoms with Gasteiger partial charge >= 0.3 is 5.97 Å². The molecular formula is C29H21Cl2NO6. The lowest BCUT2D eigenvalue weighted by Crippen LogP contribution is -2.57. The molecule has 1 saturated heterocycles. The minimum absolute atomic E-state index is 0.303. The number of hydrogen-bond donors (Lipinski definition) is 0. The molecule has 2 atom stereocenters. The molecule has 3 aromatic rings. The summed E-state index contributed by atoms with van der Waals surface area (Å²) in [5.41, 5.74) is 2.99. The van der Waals surface area contributed by atoms with Crippen molar-refractivity contribution in [2.75, 3.05) is 20.3 Å². The summed E-state index contributed by atoms with van der Waals surface area (Å²) >= 11 is 14.7. The fourth-order valence-electron chi connectivity index (χ4n) is 6.08. The van der Waals surface area contributed by atoms with E-state index < -0.39 is 58.3 Å². The summed E-state index contributed by atoms with van der Waals surface area (Å²) in [6.45, 7) is -1.20. The Labute approximate surface area is 228 Å². The molecule has 3 aromatic carbocycles. The topological polar surface area (TPSA) is 90.0 Å². The fourth-order valence-corrected chi connectivity index (χ4v) is 7.18. The van der Waals surface area contributed by atoms with Crippen molar-refractivity contribution in [3.05, 3.63) is 101 Å². The van der Waals surface area contributed by atoms with Crippen molar-refractivity contribution in [2.24, 2.45) is 11.8 Å². The quantitative estimate of drug-likeness (QED) is 0.200. The molecule has 4 aliphatic rings. The number of ketones is 1. The lowest BCUT2D eigenvalue weighted by molar-refractivity contribution is -0.152. The van der Waals surface area contributed by atoms with E-state index in [1.165, 1.54) is 13.2 Å². The van der Waals surface area contributed by atoms with Gasteiger partial charge in [0.15, 0.2) is 12.4 Å². The van der Waals surface area contributed by atoms with Crippen LogP contribution in [-0.4, -0.2) is 48.7 Å². The first-order valence-electron chi connectivity index (χ1n) is 12.0. The number of benzene rings is 3. The predicted molar refractivity (Wildman–Crippen MR) is 138 cm³/mol. The molecule has 1 fully saturated rings. The van der Waals surface area contributed by atoms with Gasteiger partial charge < -0.3 is 9.47 Å². The third-order valence-corrected chi connectivity index (χ3v) is 9.00. The minimum atomic E-state index is -1.33. The molecule has 2 bridgehead atoms. The normalized spacial score (nSPS) is 26.4. The van der Waals surface area contributed by atoms with Gasteiger partial charge in [-0.05, 0) is 34.4 Å². The molecule has 0 N–H and O–H groups in total. The van der Waals surface area contributed by atoms with Crippen molar-refractivity contribution in [1.29, 1.82) is 0 Å². The van der Waals surface area contributed by atoms with Crippen LogP contribution in [0.25, 0.3) is 0 Å². The van der Waals surface area contributed by atoms with Crippen LogP contribution < -0.4 is 4.74 Å². The van der Waals surface area contributed by atoms with Gasteiger partial charge in [0, 0.05) is 5.56 Å². The number of carbonyl (C=O) groups is 4. The number of ether oxygens (including phenoxy) is 2. The summed E-state index contributed by atoms with van der Waals surface area (Å²) < 4.78 is 10.3. The van der Waals surface area contributed by atoms with Crippen LogP contribution in [0, 0.1) is 11.8 Å². The van der Waals surface area contributed by atoms with Crippen LogP contribution in [0.3, 0.4) is 0 Å². The van der Waals surface area contributed by atoms with Gasteiger partial charge in [0.1, 0.15) is 22.0 Å². The van der Waals surface area contributed by atoms with Crippen LogP contribution in [0.1, 0.15) is 32.6 Å². The number of esters is 1. The second kappa shape index (κ2) is 8.68. The molecule has 0 aromatic heterocycles. The van der Waals surface area contributed by atoms with Crippen molar-refractivity contribution in [1.82, 2.24) is 4.90 Å². The zero-order valence-corrected chi connectivity index (χ0v) is 21.7. The van der Waals surface area contributed by atoms with Gasteiger partial charge in [-0.1, -0.05) is 60.7 Å². The van der Waals surface area contributed by atoms with Crippen LogP contribution in [-0.2, 0) is 28.9 Å². The molecule has 7 rings (SSSR count). The standard InChI is InChI=1S/C29H21Cl2NO6/c1-37-17-8-6-7-16(13-17)22(33)15-38-23(34)14-32-26(35)24-25(27(32)36)29(31)19-10-3-2-9-18(19)28(24,30)20-11-4-5-12-21(20)29/h2-13,24-25H,14-15H2,1H3/t24-,25-,28?,29?/m1/s1. The number of imide groups is 1. The van der Waals surface area contributed by atoms with Gasteiger partial charge in [0.05, 0.1) is 18.9 Å². The van der Waals surface area contributed by atoms with E-state index in [0.29, 0.717) is 33.6 Å². The summed E-state index contributed by atoms with van der Waals surface area (Å²) in [6, 6.07) is 21.0. The molecule has 192 valence electrons. The minimum Gasteiger partial charge on any atom is -0.497 e. The number of rotatable bonds is 6. The van der Waals surface area contributed by atoms with E-state index in [-0.39, 0.29) is 0 Å². The van der Waals surface area contributed by atoms with Gasteiger partial charge in [-0.2, -0.15) is 0 Å². The number of amides is 2. The maximum absolute atomic E-state index is 13.7. The summed E-state index contributed by atoms with van der Waals surface area (Å²) in [6.07, 6.45) is 0. The van der Waals surface area contributed by atoms with Crippen molar-refractivity contribution < 1.29 is 28.7 Å². The van der Waals surface area contributed by atoms with E-state index in [0.717, 1.165) is 4.90 Å². The Kier molecular flexibility index (Phi) is 5.63. The van der Waals surface area contributed by atoms with Gasteiger partial charge in [-0.25, -0.2) is 0 Å². The molecule has 38 heavy (non-hydrogen) atoms. The lowest BCUT2D eigenvalue weighted by atomic mass is 9.54. The SMILES string of the molecule is COc1cccc(C(=O)COC(=O)CN2C(=O)[C@H]3[C@H](C2=O)C2(Cl)c4ccccc4C3(Cl)c3ccccc32)c1. The van der Waals surface area contributed by atoms with Gasteiger partial charge in [0.2, 0.25) is 11.8 Å². The smallest absolute Gasteiger partial charge is 0.326 e. The van der Waals surface area contributed by atoms with E-state index in [4.69, 9.17) is 32.7 Å². The van der Waals surface area contributed by atoms with E-state index in [9.17, 15) is 19.2 Å². The number of nitrogens with zero attached hydrogens (tertiary/aromatic N) is 1. The summed E-state index contributed by atoms with van der Waals surface area (Å²) in [4.78, 5) is 50.9. The Morgan fingerprint density at radius 2 is 1.32 bits per heavy atom. The molecule has 0 unspecified atom stereocenters. The second-order valence-corrected chi connectivity index (χ2v) is 10.7. The highest BCUT2D eigenvalue weighted by atomic mass is 35.5. The first-order valence-corrected chi connectivity index (χ1v) is 12.7. The Hall–Kier alpha value is -3.68. The molecule has 9 heteroatoms. The highest BCUT2D eigenvalue weighted by Crippen LogP contribution is 2.69. The third kappa shape index (κ3) is 3.21. The van der Waals surface area contributed by atoms with E-state index in [1.807, 2.05) is 48.5 Å². The zero-order chi connectivity index (χ0) is 26.8. The van der Waals surface area contributed by atoms with Gasteiger partial charge in [-0.3, -0.25) is 24.1 Å². The first kappa shape index (κ1) is 24.6. The molecule has 0 spiro atoms. The van der Waals surface area contributed by atoms with Crippen molar-refractivity contribution in [2.45, 2.75) is 9.75 Å². The number of methoxy groups -OCH3 is 1. The van der Waals surface area contributed by atoms with Crippen LogP contribution in [0.5, 0.6) is 5.75 Å². The zero-order valence-electron chi connectivity index (χ0n) is 20.1. The fraction of sp³-hybridized carbons (Fsp3) is 0.241. The number of hydrogen-bond acceptors (Lipinski definition) is 6. The molecule has 1 heterocycles. The number of likely N-dealkylation sites (tertiary alicyclic amines) is 1. The number of alkyl halides is 2.